The molecule has 0 fully saturated rings. The molecule has 2 rings (SSSR count). The van der Waals surface area contributed by atoms with Gasteiger partial charge in [-0.3, -0.25) is 14.8 Å². The highest BCUT2D eigenvalue weighted by Crippen LogP contribution is 2.30. The summed E-state index contributed by atoms with van der Waals surface area (Å²) in [6.07, 6.45) is 0. The van der Waals surface area contributed by atoms with Crippen molar-refractivity contribution < 1.29 is 23.0 Å². The van der Waals surface area contributed by atoms with Crippen molar-refractivity contribution in [3.05, 3.63) is 39.8 Å². The van der Waals surface area contributed by atoms with Gasteiger partial charge in [-0.15, -0.1) is 0 Å². The van der Waals surface area contributed by atoms with E-state index in [0.29, 0.717) is 0 Å². The first kappa shape index (κ1) is 14.8. The van der Waals surface area contributed by atoms with E-state index in [1.165, 1.54) is 13.8 Å². The van der Waals surface area contributed by atoms with Crippen molar-refractivity contribution in [3.63, 3.8) is 0 Å². The summed E-state index contributed by atoms with van der Waals surface area (Å²) in [7, 11) is -4.02. The van der Waals surface area contributed by atoms with Crippen LogP contribution in [0.2, 0.25) is 0 Å². The highest BCUT2D eigenvalue weighted by atomic mass is 32.2. The number of phenols is 1. The molecule has 0 radical (unpaired) electrons. The average Bonchev–Trinajstić information content (AvgIpc) is 2.71. The van der Waals surface area contributed by atoms with Crippen LogP contribution >= 0.6 is 0 Å². The maximum atomic E-state index is 12.2. The minimum atomic E-state index is -4.02. The lowest BCUT2D eigenvalue weighted by atomic mass is 10.2. The molecule has 0 saturated carbocycles. The molecular weight excluding hydrogens is 302 g/mol. The monoisotopic (exact) mass is 313 g/mol. The number of hydrogen-bond acceptors (Lipinski definition) is 7. The Labute approximate surface area is 119 Å². The second-order valence-corrected chi connectivity index (χ2v) is 5.84. The fourth-order valence-electron chi connectivity index (χ4n) is 1.77. The number of anilines is 1. The van der Waals surface area contributed by atoms with E-state index in [1.54, 1.807) is 0 Å². The van der Waals surface area contributed by atoms with Gasteiger partial charge in [-0.25, -0.2) is 8.42 Å². The molecule has 2 aromatic rings. The van der Waals surface area contributed by atoms with Gasteiger partial charge in [0.25, 0.3) is 15.7 Å². The van der Waals surface area contributed by atoms with Crippen LogP contribution in [0.3, 0.4) is 0 Å². The Hall–Kier alpha value is -2.62. The predicted molar refractivity (Wildman–Crippen MR) is 71.5 cm³/mol. The number of sulfonamides is 1. The minimum Gasteiger partial charge on any atom is -0.505 e. The normalized spacial score (nSPS) is 11.3. The molecule has 10 heteroatoms. The second kappa shape index (κ2) is 5.05. The number of aromatic nitrogens is 1. The van der Waals surface area contributed by atoms with Crippen molar-refractivity contribution in [1.82, 2.24) is 5.16 Å². The van der Waals surface area contributed by atoms with Gasteiger partial charge in [-0.05, 0) is 19.9 Å². The van der Waals surface area contributed by atoms with Crippen molar-refractivity contribution in [1.29, 1.82) is 0 Å². The highest BCUT2D eigenvalue weighted by Gasteiger charge is 2.25. The number of benzene rings is 1. The third kappa shape index (κ3) is 2.79. The van der Waals surface area contributed by atoms with Gasteiger partial charge in [-0.1, -0.05) is 5.16 Å². The summed E-state index contributed by atoms with van der Waals surface area (Å²) in [6.45, 7) is 2.89. The molecule has 0 aliphatic rings. The van der Waals surface area contributed by atoms with E-state index in [0.717, 1.165) is 18.2 Å². The second-order valence-electron chi connectivity index (χ2n) is 4.22. The summed E-state index contributed by atoms with van der Waals surface area (Å²) >= 11 is 0. The summed E-state index contributed by atoms with van der Waals surface area (Å²) in [5.74, 6) is -0.457. The van der Waals surface area contributed by atoms with Gasteiger partial charge in [0.2, 0.25) is 0 Å². The third-order valence-corrected chi connectivity index (χ3v) is 4.28. The maximum Gasteiger partial charge on any atom is 0.273 e. The first-order valence-electron chi connectivity index (χ1n) is 5.65. The summed E-state index contributed by atoms with van der Waals surface area (Å²) in [6, 6.07) is 3.03. The van der Waals surface area contributed by atoms with E-state index in [1.807, 2.05) is 0 Å². The third-order valence-electron chi connectivity index (χ3n) is 2.67. The van der Waals surface area contributed by atoms with Crippen molar-refractivity contribution >= 4 is 21.4 Å². The van der Waals surface area contributed by atoms with Gasteiger partial charge in [0.05, 0.1) is 16.7 Å². The lowest BCUT2D eigenvalue weighted by Crippen LogP contribution is -2.14. The van der Waals surface area contributed by atoms with E-state index in [-0.39, 0.29) is 27.7 Å². The molecule has 0 spiro atoms. The van der Waals surface area contributed by atoms with Crippen LogP contribution in [-0.2, 0) is 10.0 Å². The van der Waals surface area contributed by atoms with Crippen LogP contribution in [0.25, 0.3) is 0 Å². The fraction of sp³-hybridized carbons (Fsp3) is 0.182. The van der Waals surface area contributed by atoms with Crippen LogP contribution in [0.15, 0.2) is 27.6 Å². The molecule has 2 N–H and O–H groups in total. The summed E-state index contributed by atoms with van der Waals surface area (Å²) in [5, 5.41) is 23.8. The standard InChI is InChI=1S/C11H11N3O6S/c1-6-11(7(2)20-12-6)21(18,19)13-9-4-3-8(14(16)17)5-10(9)15/h3-5,13,15H,1-2H3. The topological polar surface area (TPSA) is 136 Å². The Kier molecular flexibility index (Phi) is 3.56. The predicted octanol–water partition coefficient (Wildman–Crippen LogP) is 1.71. The van der Waals surface area contributed by atoms with Gasteiger partial charge in [-0.2, -0.15) is 0 Å². The summed E-state index contributed by atoms with van der Waals surface area (Å²) < 4.78 is 31.4. The van der Waals surface area contributed by atoms with Crippen LogP contribution in [0.5, 0.6) is 5.75 Å². The zero-order chi connectivity index (χ0) is 15.8. The van der Waals surface area contributed by atoms with Crippen LogP contribution in [-0.4, -0.2) is 23.6 Å². The van der Waals surface area contributed by atoms with Crippen molar-refractivity contribution in [2.45, 2.75) is 18.7 Å². The molecule has 1 aromatic heterocycles. The highest BCUT2D eigenvalue weighted by molar-refractivity contribution is 7.92. The molecule has 0 bridgehead atoms. The Morgan fingerprint density at radius 2 is 2.05 bits per heavy atom. The quantitative estimate of drug-likeness (QED) is 0.498. The minimum absolute atomic E-state index is 0.0985. The SMILES string of the molecule is Cc1noc(C)c1S(=O)(=O)Nc1ccc([N+](=O)[O-])cc1O. The number of phenolic OH excluding ortho intramolecular Hbond substituents is 1. The van der Waals surface area contributed by atoms with Gasteiger partial charge in [0.1, 0.15) is 11.4 Å². The van der Waals surface area contributed by atoms with Crippen molar-refractivity contribution in [2.75, 3.05) is 4.72 Å². The largest absolute Gasteiger partial charge is 0.505 e. The van der Waals surface area contributed by atoms with Crippen LogP contribution in [0, 0.1) is 24.0 Å². The zero-order valence-corrected chi connectivity index (χ0v) is 11.8. The molecule has 1 heterocycles. The summed E-state index contributed by atoms with van der Waals surface area (Å²) in [5.41, 5.74) is -0.366. The van der Waals surface area contributed by atoms with Gasteiger partial charge in [0.15, 0.2) is 10.7 Å². The molecule has 0 amide bonds. The van der Waals surface area contributed by atoms with E-state index in [9.17, 15) is 23.6 Å². The molecule has 0 aliphatic heterocycles. The number of nitro groups is 1. The Morgan fingerprint density at radius 3 is 2.52 bits per heavy atom. The number of nitrogens with one attached hydrogen (secondary N) is 1. The molecule has 21 heavy (non-hydrogen) atoms. The fourth-order valence-corrected chi connectivity index (χ4v) is 3.18. The number of hydrogen-bond donors (Lipinski definition) is 2. The molecular formula is C11H11N3O6S. The number of nitro benzene ring substituents is 1. The van der Waals surface area contributed by atoms with Crippen molar-refractivity contribution in [3.8, 4) is 5.75 Å². The number of nitrogens with zero attached hydrogens (tertiary/aromatic N) is 2. The molecule has 0 unspecified atom stereocenters. The first-order chi connectivity index (χ1) is 9.72. The van der Waals surface area contributed by atoms with Crippen LogP contribution < -0.4 is 4.72 Å². The van der Waals surface area contributed by atoms with E-state index in [2.05, 4.69) is 9.88 Å². The Morgan fingerprint density at radius 1 is 1.38 bits per heavy atom. The smallest absolute Gasteiger partial charge is 0.273 e. The van der Waals surface area contributed by atoms with Gasteiger partial charge < -0.3 is 9.63 Å². The van der Waals surface area contributed by atoms with Crippen molar-refractivity contribution in [2.24, 2.45) is 0 Å². The summed E-state index contributed by atoms with van der Waals surface area (Å²) in [4.78, 5) is 9.72. The van der Waals surface area contributed by atoms with Crippen LogP contribution in [0.4, 0.5) is 11.4 Å². The maximum absolute atomic E-state index is 12.2. The Balaban J connectivity index is 2.40. The molecule has 1 aromatic carbocycles. The molecule has 112 valence electrons. The van der Waals surface area contributed by atoms with E-state index >= 15 is 0 Å². The Bertz CT molecular complexity index is 792. The van der Waals surface area contributed by atoms with Crippen LogP contribution in [0.1, 0.15) is 11.5 Å². The lowest BCUT2D eigenvalue weighted by molar-refractivity contribution is -0.384. The van der Waals surface area contributed by atoms with E-state index < -0.39 is 20.7 Å². The number of non-ortho nitro benzene ring substituents is 1. The number of aromatic hydroxyl groups is 1. The van der Waals surface area contributed by atoms with Gasteiger partial charge in [0, 0.05) is 6.07 Å². The zero-order valence-electron chi connectivity index (χ0n) is 11.0. The molecule has 0 atom stereocenters. The molecule has 9 nitrogen and oxygen atoms in total. The molecule has 0 saturated heterocycles. The molecule has 0 aliphatic carbocycles. The number of rotatable bonds is 4. The van der Waals surface area contributed by atoms with E-state index in [4.69, 9.17) is 4.52 Å². The number of aryl methyl sites for hydroxylation is 2. The average molecular weight is 313 g/mol. The van der Waals surface area contributed by atoms with Gasteiger partial charge >= 0.3 is 0 Å². The first-order valence-corrected chi connectivity index (χ1v) is 7.14. The lowest BCUT2D eigenvalue weighted by Gasteiger charge is -2.08.